The standard InChI is InChI=1S/C13H14ClN3/c1-10-11(8-14)9-15-13(16-10)17(2)12-6-4-3-5-7-12/h3-7,9H,8H2,1-2H3. The maximum atomic E-state index is 5.79. The molecule has 0 saturated heterocycles. The quantitative estimate of drug-likeness (QED) is 0.780. The SMILES string of the molecule is Cc1nc(N(C)c2ccccc2)ncc1CCl. The number of aryl methyl sites for hydroxylation is 1. The summed E-state index contributed by atoms with van der Waals surface area (Å²) < 4.78 is 0. The Labute approximate surface area is 106 Å². The van der Waals surface area contributed by atoms with E-state index in [9.17, 15) is 0 Å². The van der Waals surface area contributed by atoms with Crippen LogP contribution in [0.25, 0.3) is 0 Å². The van der Waals surface area contributed by atoms with Gasteiger partial charge in [-0.25, -0.2) is 9.97 Å². The molecule has 0 aliphatic heterocycles. The Morgan fingerprint density at radius 3 is 2.53 bits per heavy atom. The molecular formula is C13H14ClN3. The van der Waals surface area contributed by atoms with Gasteiger partial charge in [-0.1, -0.05) is 18.2 Å². The first-order valence-corrected chi connectivity index (χ1v) is 5.93. The van der Waals surface area contributed by atoms with E-state index in [1.165, 1.54) is 0 Å². The van der Waals surface area contributed by atoms with Crippen LogP contribution in [0.4, 0.5) is 11.6 Å². The molecule has 0 unspecified atom stereocenters. The lowest BCUT2D eigenvalue weighted by atomic mass is 10.3. The highest BCUT2D eigenvalue weighted by Crippen LogP contribution is 2.20. The van der Waals surface area contributed by atoms with Crippen LogP contribution in [0, 0.1) is 6.92 Å². The minimum atomic E-state index is 0.446. The Hall–Kier alpha value is -1.61. The molecule has 0 radical (unpaired) electrons. The molecule has 1 aromatic heterocycles. The predicted octanol–water partition coefficient (Wildman–Crippen LogP) is 3.29. The van der Waals surface area contributed by atoms with Crippen LogP contribution in [0.3, 0.4) is 0 Å². The predicted molar refractivity (Wildman–Crippen MR) is 70.8 cm³/mol. The van der Waals surface area contributed by atoms with Gasteiger partial charge in [-0.05, 0) is 19.1 Å². The summed E-state index contributed by atoms with van der Waals surface area (Å²) in [6.07, 6.45) is 1.78. The summed E-state index contributed by atoms with van der Waals surface area (Å²) in [4.78, 5) is 10.7. The van der Waals surface area contributed by atoms with Crippen molar-refractivity contribution in [3.63, 3.8) is 0 Å². The molecule has 4 heteroatoms. The van der Waals surface area contributed by atoms with Crippen molar-refractivity contribution in [2.24, 2.45) is 0 Å². The van der Waals surface area contributed by atoms with E-state index in [-0.39, 0.29) is 0 Å². The van der Waals surface area contributed by atoms with E-state index in [1.54, 1.807) is 6.20 Å². The van der Waals surface area contributed by atoms with Crippen molar-refractivity contribution in [3.8, 4) is 0 Å². The minimum absolute atomic E-state index is 0.446. The molecule has 0 N–H and O–H groups in total. The third kappa shape index (κ3) is 2.56. The van der Waals surface area contributed by atoms with Crippen LogP contribution >= 0.6 is 11.6 Å². The Morgan fingerprint density at radius 1 is 1.24 bits per heavy atom. The molecule has 0 bridgehead atoms. The molecule has 0 amide bonds. The van der Waals surface area contributed by atoms with Gasteiger partial charge in [-0.15, -0.1) is 11.6 Å². The molecule has 2 rings (SSSR count). The molecule has 0 atom stereocenters. The van der Waals surface area contributed by atoms with Crippen LogP contribution < -0.4 is 4.90 Å². The lowest BCUT2D eigenvalue weighted by Gasteiger charge is -2.17. The summed E-state index contributed by atoms with van der Waals surface area (Å²) in [5.74, 6) is 1.13. The van der Waals surface area contributed by atoms with Crippen molar-refractivity contribution in [2.45, 2.75) is 12.8 Å². The molecule has 1 aromatic carbocycles. The number of halogens is 1. The minimum Gasteiger partial charge on any atom is -0.314 e. The first-order valence-electron chi connectivity index (χ1n) is 5.39. The molecule has 0 spiro atoms. The first-order chi connectivity index (χ1) is 8.22. The van der Waals surface area contributed by atoms with E-state index in [0.29, 0.717) is 11.8 Å². The maximum absolute atomic E-state index is 5.79. The zero-order chi connectivity index (χ0) is 12.3. The van der Waals surface area contributed by atoms with E-state index in [0.717, 1.165) is 16.9 Å². The van der Waals surface area contributed by atoms with Crippen LogP contribution in [0.5, 0.6) is 0 Å². The largest absolute Gasteiger partial charge is 0.314 e. The number of para-hydroxylation sites is 1. The summed E-state index contributed by atoms with van der Waals surface area (Å²) in [5.41, 5.74) is 2.95. The van der Waals surface area contributed by atoms with Gasteiger partial charge in [-0.2, -0.15) is 0 Å². The molecule has 17 heavy (non-hydrogen) atoms. The Morgan fingerprint density at radius 2 is 1.94 bits per heavy atom. The molecular weight excluding hydrogens is 234 g/mol. The number of rotatable bonds is 3. The third-order valence-electron chi connectivity index (χ3n) is 2.66. The summed E-state index contributed by atoms with van der Waals surface area (Å²) in [6.45, 7) is 1.95. The van der Waals surface area contributed by atoms with Gasteiger partial charge in [0.15, 0.2) is 0 Å². The van der Waals surface area contributed by atoms with Gasteiger partial charge in [0.2, 0.25) is 5.95 Å². The van der Waals surface area contributed by atoms with E-state index in [1.807, 2.05) is 49.2 Å². The topological polar surface area (TPSA) is 29.0 Å². The molecule has 0 aliphatic rings. The van der Waals surface area contributed by atoms with Crippen molar-refractivity contribution in [1.29, 1.82) is 0 Å². The van der Waals surface area contributed by atoms with Crippen molar-refractivity contribution < 1.29 is 0 Å². The van der Waals surface area contributed by atoms with E-state index < -0.39 is 0 Å². The number of hydrogen-bond donors (Lipinski definition) is 0. The number of benzene rings is 1. The molecule has 3 nitrogen and oxygen atoms in total. The lowest BCUT2D eigenvalue weighted by Crippen LogP contribution is -2.13. The molecule has 88 valence electrons. The number of anilines is 2. The van der Waals surface area contributed by atoms with E-state index in [4.69, 9.17) is 11.6 Å². The highest BCUT2D eigenvalue weighted by molar-refractivity contribution is 6.17. The van der Waals surface area contributed by atoms with E-state index in [2.05, 4.69) is 9.97 Å². The zero-order valence-corrected chi connectivity index (χ0v) is 10.6. The van der Waals surface area contributed by atoms with Gasteiger partial charge in [0.1, 0.15) is 0 Å². The zero-order valence-electron chi connectivity index (χ0n) is 9.89. The second-order valence-corrected chi connectivity index (χ2v) is 4.08. The average Bonchev–Trinajstić information content (AvgIpc) is 2.39. The Bertz CT molecular complexity index is 499. The summed E-state index contributed by atoms with van der Waals surface area (Å²) >= 11 is 5.79. The van der Waals surface area contributed by atoms with Crippen LogP contribution in [-0.4, -0.2) is 17.0 Å². The lowest BCUT2D eigenvalue weighted by molar-refractivity contribution is 0.989. The first kappa shape index (κ1) is 11.9. The fourth-order valence-corrected chi connectivity index (χ4v) is 1.80. The van der Waals surface area contributed by atoms with Gasteiger partial charge in [0.05, 0.1) is 5.88 Å². The van der Waals surface area contributed by atoms with Crippen molar-refractivity contribution >= 4 is 23.2 Å². The highest BCUT2D eigenvalue weighted by atomic mass is 35.5. The van der Waals surface area contributed by atoms with Gasteiger partial charge >= 0.3 is 0 Å². The van der Waals surface area contributed by atoms with Gasteiger partial charge in [0, 0.05) is 30.2 Å². The number of nitrogens with zero attached hydrogens (tertiary/aromatic N) is 3. The fourth-order valence-electron chi connectivity index (χ4n) is 1.54. The Balaban J connectivity index is 2.32. The summed E-state index contributed by atoms with van der Waals surface area (Å²) in [7, 11) is 1.95. The molecule has 0 saturated carbocycles. The smallest absolute Gasteiger partial charge is 0.229 e. The second kappa shape index (κ2) is 5.15. The van der Waals surface area contributed by atoms with Crippen molar-refractivity contribution in [2.75, 3.05) is 11.9 Å². The highest BCUT2D eigenvalue weighted by Gasteiger charge is 2.08. The number of alkyl halides is 1. The van der Waals surface area contributed by atoms with Crippen LogP contribution in [0.1, 0.15) is 11.3 Å². The average molecular weight is 248 g/mol. The van der Waals surface area contributed by atoms with Gasteiger partial charge in [0.25, 0.3) is 0 Å². The van der Waals surface area contributed by atoms with Gasteiger partial charge in [-0.3, -0.25) is 0 Å². The molecule has 1 heterocycles. The normalized spacial score (nSPS) is 10.3. The third-order valence-corrected chi connectivity index (χ3v) is 2.94. The maximum Gasteiger partial charge on any atom is 0.229 e. The number of hydrogen-bond acceptors (Lipinski definition) is 3. The monoisotopic (exact) mass is 247 g/mol. The van der Waals surface area contributed by atoms with Crippen molar-refractivity contribution in [3.05, 3.63) is 47.8 Å². The van der Waals surface area contributed by atoms with Crippen molar-refractivity contribution in [1.82, 2.24) is 9.97 Å². The van der Waals surface area contributed by atoms with Gasteiger partial charge < -0.3 is 4.90 Å². The van der Waals surface area contributed by atoms with Crippen LogP contribution in [0.2, 0.25) is 0 Å². The van der Waals surface area contributed by atoms with Crippen LogP contribution in [-0.2, 0) is 5.88 Å². The molecule has 0 fully saturated rings. The van der Waals surface area contributed by atoms with E-state index >= 15 is 0 Å². The fraction of sp³-hybridized carbons (Fsp3) is 0.231. The molecule has 0 aliphatic carbocycles. The summed E-state index contributed by atoms with van der Waals surface area (Å²) in [6, 6.07) is 10.0. The van der Waals surface area contributed by atoms with Crippen LogP contribution in [0.15, 0.2) is 36.5 Å². The molecule has 2 aromatic rings. The Kier molecular flexibility index (Phi) is 3.59. The number of aromatic nitrogens is 2. The second-order valence-electron chi connectivity index (χ2n) is 3.81. The summed E-state index contributed by atoms with van der Waals surface area (Å²) in [5, 5.41) is 0.